The summed E-state index contributed by atoms with van der Waals surface area (Å²) in [4.78, 5) is 39.0. The first-order chi connectivity index (χ1) is 19.9. The summed E-state index contributed by atoms with van der Waals surface area (Å²) < 4.78 is 5.88. The summed E-state index contributed by atoms with van der Waals surface area (Å²) in [6, 6.07) is 17.2. The predicted octanol–water partition coefficient (Wildman–Crippen LogP) is 6.18. The Labute approximate surface area is 247 Å². The molecule has 6 rings (SSSR count). The summed E-state index contributed by atoms with van der Waals surface area (Å²) in [5, 5.41) is 12.7. The zero-order valence-electron chi connectivity index (χ0n) is 22.5. The van der Waals surface area contributed by atoms with E-state index in [-0.39, 0.29) is 18.4 Å². The lowest BCUT2D eigenvalue weighted by Crippen LogP contribution is -2.39. The Bertz CT molecular complexity index is 1590. The van der Waals surface area contributed by atoms with E-state index < -0.39 is 11.9 Å². The van der Waals surface area contributed by atoms with Gasteiger partial charge in [0.05, 0.1) is 24.6 Å². The minimum Gasteiger partial charge on any atom is -0.488 e. The number of fused-ring (bicyclic) bond motifs is 1. The van der Waals surface area contributed by atoms with Gasteiger partial charge in [0, 0.05) is 40.8 Å². The summed E-state index contributed by atoms with van der Waals surface area (Å²) in [5.41, 5.74) is 4.21. The number of thiazole rings is 1. The minimum absolute atomic E-state index is 0.0198. The number of hydrogen-bond acceptors (Lipinski definition) is 7. The normalized spacial score (nSPS) is 15.1. The molecule has 0 radical (unpaired) electrons. The smallest absolute Gasteiger partial charge is 0.304 e. The monoisotopic (exact) mass is 588 g/mol. The van der Waals surface area contributed by atoms with Crippen molar-refractivity contribution >= 4 is 45.8 Å². The number of carbonyl (C=O) groups is 2. The van der Waals surface area contributed by atoms with Crippen LogP contribution in [0.15, 0.2) is 66.2 Å². The SMILES string of the molecule is CN1CCOc2cc(-c3ccc(Cl)cc3-c3csc(N(C(=O)C(CC(=O)O)Cc4ccccc4)C4CC4)n3)cnc21. The number of amides is 1. The van der Waals surface area contributed by atoms with Crippen LogP contribution in [0.1, 0.15) is 24.8 Å². The number of aliphatic carboxylic acids is 1. The van der Waals surface area contributed by atoms with Crippen LogP contribution in [0.4, 0.5) is 10.9 Å². The van der Waals surface area contributed by atoms with Gasteiger partial charge in [-0.1, -0.05) is 48.0 Å². The maximum absolute atomic E-state index is 13.9. The third-order valence-corrected chi connectivity index (χ3v) is 8.47. The van der Waals surface area contributed by atoms with E-state index in [4.69, 9.17) is 21.3 Å². The number of rotatable bonds is 9. The second-order valence-corrected chi connectivity index (χ2v) is 11.7. The first-order valence-corrected chi connectivity index (χ1v) is 14.8. The fraction of sp³-hybridized carbons (Fsp3) is 0.290. The lowest BCUT2D eigenvalue weighted by molar-refractivity contribution is -0.140. The first kappa shape index (κ1) is 27.2. The van der Waals surface area contributed by atoms with Crippen molar-refractivity contribution in [1.82, 2.24) is 9.97 Å². The number of pyridine rings is 1. The van der Waals surface area contributed by atoms with E-state index in [0.717, 1.165) is 53.2 Å². The molecule has 1 aliphatic heterocycles. The highest BCUT2D eigenvalue weighted by molar-refractivity contribution is 7.14. The molecule has 1 saturated carbocycles. The van der Waals surface area contributed by atoms with Crippen molar-refractivity contribution in [3.8, 4) is 28.1 Å². The summed E-state index contributed by atoms with van der Waals surface area (Å²) in [6.07, 6.45) is 3.67. The maximum atomic E-state index is 13.9. The molecule has 0 bridgehead atoms. The molecule has 41 heavy (non-hydrogen) atoms. The topological polar surface area (TPSA) is 95.9 Å². The average Bonchev–Trinajstić information content (AvgIpc) is 3.68. The molecule has 3 heterocycles. The molecular weight excluding hydrogens is 560 g/mol. The number of benzene rings is 2. The molecule has 1 unspecified atom stereocenters. The van der Waals surface area contributed by atoms with Gasteiger partial charge in [-0.3, -0.25) is 14.5 Å². The molecule has 210 valence electrons. The Morgan fingerprint density at radius 1 is 1.17 bits per heavy atom. The second-order valence-electron chi connectivity index (χ2n) is 10.4. The van der Waals surface area contributed by atoms with Gasteiger partial charge in [-0.2, -0.15) is 0 Å². The number of carbonyl (C=O) groups excluding carboxylic acids is 1. The van der Waals surface area contributed by atoms with E-state index in [1.807, 2.05) is 73.2 Å². The highest BCUT2D eigenvalue weighted by Crippen LogP contribution is 2.41. The van der Waals surface area contributed by atoms with Crippen LogP contribution >= 0.6 is 22.9 Å². The highest BCUT2D eigenvalue weighted by atomic mass is 35.5. The van der Waals surface area contributed by atoms with Crippen LogP contribution in [-0.4, -0.2) is 53.2 Å². The molecule has 10 heteroatoms. The molecule has 2 aromatic carbocycles. The van der Waals surface area contributed by atoms with E-state index in [9.17, 15) is 14.7 Å². The molecule has 1 atom stereocenters. The second kappa shape index (κ2) is 11.5. The van der Waals surface area contributed by atoms with Crippen LogP contribution in [0, 0.1) is 5.92 Å². The molecule has 1 amide bonds. The molecule has 0 saturated heterocycles. The molecular formula is C31H29ClN4O4S. The predicted molar refractivity (Wildman–Crippen MR) is 161 cm³/mol. The summed E-state index contributed by atoms with van der Waals surface area (Å²) in [5.74, 6) is -0.358. The Hall–Kier alpha value is -3.95. The van der Waals surface area contributed by atoms with Crippen molar-refractivity contribution < 1.29 is 19.4 Å². The molecule has 0 spiro atoms. The average molecular weight is 589 g/mol. The van der Waals surface area contributed by atoms with Gasteiger partial charge in [-0.15, -0.1) is 11.3 Å². The molecule has 1 aliphatic carbocycles. The van der Waals surface area contributed by atoms with Gasteiger partial charge >= 0.3 is 5.97 Å². The van der Waals surface area contributed by atoms with Crippen LogP contribution in [0.5, 0.6) is 5.75 Å². The Balaban J connectivity index is 1.33. The van der Waals surface area contributed by atoms with Crippen molar-refractivity contribution in [3.63, 3.8) is 0 Å². The van der Waals surface area contributed by atoms with Crippen LogP contribution in [0.2, 0.25) is 5.02 Å². The Morgan fingerprint density at radius 2 is 1.98 bits per heavy atom. The number of nitrogens with zero attached hydrogens (tertiary/aromatic N) is 4. The quantitative estimate of drug-likeness (QED) is 0.249. The number of halogens is 1. The number of hydrogen-bond donors (Lipinski definition) is 1. The van der Waals surface area contributed by atoms with Crippen LogP contribution in [0.25, 0.3) is 22.4 Å². The number of likely N-dealkylation sites (N-methyl/N-ethyl adjacent to an activating group) is 1. The molecule has 4 aromatic rings. The third kappa shape index (κ3) is 5.92. The third-order valence-electron chi connectivity index (χ3n) is 7.39. The summed E-state index contributed by atoms with van der Waals surface area (Å²) >= 11 is 7.83. The standard InChI is InChI=1S/C31H29ClN4O4S/c1-35-11-12-40-27-14-21(17-33-29(27)35)24-10-7-22(32)16-25(24)26-18-41-31(34-26)36(23-8-9-23)30(39)20(15-28(37)38)13-19-5-3-2-4-6-19/h2-7,10,14,16-18,20,23H,8-9,11-13,15H2,1H3,(H,37,38). The number of aromatic nitrogens is 2. The van der Waals surface area contributed by atoms with Crippen molar-refractivity contribution in [2.24, 2.45) is 5.92 Å². The molecule has 2 aliphatic rings. The van der Waals surface area contributed by atoms with Crippen LogP contribution in [-0.2, 0) is 16.0 Å². The zero-order valence-corrected chi connectivity index (χ0v) is 24.1. The van der Waals surface area contributed by atoms with E-state index >= 15 is 0 Å². The molecule has 1 fully saturated rings. The maximum Gasteiger partial charge on any atom is 0.304 e. The minimum atomic E-state index is -0.993. The molecule has 1 N–H and O–H groups in total. The van der Waals surface area contributed by atoms with Crippen LogP contribution < -0.4 is 14.5 Å². The Kier molecular flexibility index (Phi) is 7.64. The number of anilines is 2. The lowest BCUT2D eigenvalue weighted by Gasteiger charge is -2.26. The van der Waals surface area contributed by atoms with Gasteiger partial charge < -0.3 is 14.7 Å². The number of ether oxygens (including phenoxy) is 1. The van der Waals surface area contributed by atoms with Crippen molar-refractivity contribution in [1.29, 1.82) is 0 Å². The number of carboxylic acids is 1. The summed E-state index contributed by atoms with van der Waals surface area (Å²) in [7, 11) is 1.99. The first-order valence-electron chi connectivity index (χ1n) is 13.6. The fourth-order valence-electron chi connectivity index (χ4n) is 5.17. The summed E-state index contributed by atoms with van der Waals surface area (Å²) in [6.45, 7) is 1.37. The zero-order chi connectivity index (χ0) is 28.5. The van der Waals surface area contributed by atoms with Crippen molar-refractivity contribution in [2.45, 2.75) is 31.7 Å². The highest BCUT2D eigenvalue weighted by Gasteiger charge is 2.39. The van der Waals surface area contributed by atoms with Crippen molar-refractivity contribution in [2.75, 3.05) is 30.0 Å². The lowest BCUT2D eigenvalue weighted by atomic mass is 9.94. The van der Waals surface area contributed by atoms with E-state index in [0.29, 0.717) is 28.9 Å². The van der Waals surface area contributed by atoms with Crippen LogP contribution in [0.3, 0.4) is 0 Å². The Morgan fingerprint density at radius 3 is 2.73 bits per heavy atom. The van der Waals surface area contributed by atoms with Gasteiger partial charge in [-0.25, -0.2) is 9.97 Å². The van der Waals surface area contributed by atoms with Crippen molar-refractivity contribution in [3.05, 3.63) is 76.8 Å². The van der Waals surface area contributed by atoms with E-state index in [1.165, 1.54) is 11.3 Å². The van der Waals surface area contributed by atoms with Gasteiger partial charge in [-0.05, 0) is 48.6 Å². The molecule has 8 nitrogen and oxygen atoms in total. The molecule has 2 aromatic heterocycles. The number of carboxylic acid groups (broad SMARTS) is 1. The fourth-order valence-corrected chi connectivity index (χ4v) is 6.24. The largest absolute Gasteiger partial charge is 0.488 e. The van der Waals surface area contributed by atoms with Gasteiger partial charge in [0.2, 0.25) is 5.91 Å². The van der Waals surface area contributed by atoms with Gasteiger partial charge in [0.1, 0.15) is 6.61 Å². The van der Waals surface area contributed by atoms with E-state index in [2.05, 4.69) is 9.88 Å². The van der Waals surface area contributed by atoms with Gasteiger partial charge in [0.25, 0.3) is 0 Å². The van der Waals surface area contributed by atoms with Gasteiger partial charge in [0.15, 0.2) is 16.7 Å². The van der Waals surface area contributed by atoms with E-state index in [1.54, 1.807) is 4.90 Å².